The van der Waals surface area contributed by atoms with Crippen LogP contribution in [0.5, 0.6) is 0 Å². The number of rotatable bonds is 2. The zero-order valence-corrected chi connectivity index (χ0v) is 46.1. The summed E-state index contributed by atoms with van der Waals surface area (Å²) in [6.45, 7) is 20.0. The van der Waals surface area contributed by atoms with Crippen molar-refractivity contribution in [1.29, 1.82) is 0 Å². The topological polar surface area (TPSA) is 26.3 Å². The Morgan fingerprint density at radius 3 is 1.13 bits per heavy atom. The van der Waals surface area contributed by atoms with Crippen LogP contribution in [0.1, 0.15) is 49.9 Å². The lowest BCUT2D eigenvalue weighted by molar-refractivity contribution is 0.660. The van der Waals surface area contributed by atoms with Gasteiger partial charge in [0, 0.05) is 43.5 Å². The van der Waals surface area contributed by atoms with Crippen molar-refractivity contribution in [2.24, 2.45) is 0 Å². The predicted molar refractivity (Wildman–Crippen MR) is 326 cm³/mol. The van der Waals surface area contributed by atoms with Crippen LogP contribution in [0, 0.1) is 0 Å². The van der Waals surface area contributed by atoms with Crippen LogP contribution < -0.4 is 20.7 Å². The van der Waals surface area contributed by atoms with Gasteiger partial charge in [-0.25, -0.2) is 0 Å². The summed E-state index contributed by atoms with van der Waals surface area (Å²) in [6, 6.07) is 69.6. The second-order valence-electron chi connectivity index (χ2n) is 24.7. The largest absolute Gasteiger partial charge is 0.455 e. The Hall–Kier alpha value is -8.03. The van der Waals surface area contributed by atoms with Gasteiger partial charge in [-0.3, -0.25) is 0 Å². The lowest BCUT2D eigenvalue weighted by atomic mass is 9.81. The van der Waals surface area contributed by atoms with Crippen LogP contribution >= 0.6 is 0 Å². The fourth-order valence-corrected chi connectivity index (χ4v) is 21.6. The van der Waals surface area contributed by atoms with E-state index in [4.69, 9.17) is 8.83 Å². The van der Waals surface area contributed by atoms with Crippen molar-refractivity contribution in [3.63, 3.8) is 0 Å². The highest BCUT2D eigenvalue weighted by Gasteiger charge is 2.47. The minimum absolute atomic E-state index is 0.154. The number of hydrogen-bond donors (Lipinski definition) is 0. The first-order valence-corrected chi connectivity index (χ1v) is 33.2. The number of para-hydroxylation sites is 2. The molecule has 76 heavy (non-hydrogen) atoms. The van der Waals surface area contributed by atoms with E-state index in [0.717, 1.165) is 22.3 Å². The zero-order chi connectivity index (χ0) is 51.1. The minimum atomic E-state index is -2.35. The second-order valence-corrected chi connectivity index (χ2v) is 33.3. The van der Waals surface area contributed by atoms with Gasteiger partial charge in [0.25, 0.3) is 0 Å². The van der Waals surface area contributed by atoms with Gasteiger partial charge >= 0.3 is 0 Å². The van der Waals surface area contributed by atoms with Crippen molar-refractivity contribution in [2.75, 3.05) is 0 Å². The van der Waals surface area contributed by atoms with Gasteiger partial charge in [-0.15, -0.1) is 0 Å². The molecule has 0 amide bonds. The summed E-state index contributed by atoms with van der Waals surface area (Å²) < 4.78 is 14.3. The van der Waals surface area contributed by atoms with Gasteiger partial charge < -0.3 is 8.83 Å². The average molecular weight is 1010 g/mol. The summed E-state index contributed by atoms with van der Waals surface area (Å²) in [7, 11) is -4.70. The van der Waals surface area contributed by atoms with Crippen molar-refractivity contribution in [3.05, 3.63) is 204 Å². The first-order chi connectivity index (χ1) is 36.7. The van der Waals surface area contributed by atoms with Crippen LogP contribution in [0.25, 0.3) is 132 Å². The van der Waals surface area contributed by atoms with E-state index < -0.39 is 16.1 Å². The first-order valence-electron chi connectivity index (χ1n) is 27.2. The lowest BCUT2D eigenvalue weighted by Crippen LogP contribution is -2.51. The Bertz CT molecular complexity index is 4570. The van der Waals surface area contributed by atoms with Gasteiger partial charge in [-0.2, -0.15) is 0 Å². The normalized spacial score (nSPS) is 16.3. The van der Waals surface area contributed by atoms with Crippen molar-refractivity contribution in [3.8, 4) is 66.8 Å². The third-order valence-electron chi connectivity index (χ3n) is 19.4. The Labute approximate surface area is 444 Å². The molecule has 0 atom stereocenters. The molecule has 17 rings (SSSR count). The molecule has 13 aromatic rings. The Morgan fingerprint density at radius 2 is 0.697 bits per heavy atom. The van der Waals surface area contributed by atoms with Crippen LogP contribution in [0.2, 0.25) is 26.2 Å². The van der Waals surface area contributed by atoms with Crippen LogP contribution in [0.15, 0.2) is 191 Å². The fourth-order valence-electron chi connectivity index (χ4n) is 15.5. The van der Waals surface area contributed by atoms with Crippen LogP contribution in [0.4, 0.5) is 0 Å². The highest BCUT2D eigenvalue weighted by Crippen LogP contribution is 2.56. The molecule has 0 saturated heterocycles. The molecule has 2 aliphatic heterocycles. The fraction of sp³-hybridized carbons (Fsp3) is 0.139. The summed E-state index contributed by atoms with van der Waals surface area (Å²) in [4.78, 5) is 0. The smallest absolute Gasteiger partial charge is 0.143 e. The Morgan fingerprint density at radius 1 is 0.316 bits per heavy atom. The molecule has 0 bridgehead atoms. The number of benzene rings is 11. The first kappa shape index (κ1) is 43.2. The second kappa shape index (κ2) is 14.1. The van der Waals surface area contributed by atoms with Gasteiger partial charge in [-0.1, -0.05) is 212 Å². The number of fused-ring (bicyclic) bond motifs is 24. The summed E-state index contributed by atoms with van der Waals surface area (Å²) >= 11 is 0. The Balaban J connectivity index is 0.870. The summed E-state index contributed by atoms with van der Waals surface area (Å²) in [5.41, 5.74) is 24.9. The average Bonchev–Trinajstić information content (AvgIpc) is 4.36. The van der Waals surface area contributed by atoms with Gasteiger partial charge in [0.05, 0.1) is 0 Å². The highest BCUT2D eigenvalue weighted by atomic mass is 28.3. The van der Waals surface area contributed by atoms with Gasteiger partial charge in [-0.05, 0) is 144 Å². The minimum Gasteiger partial charge on any atom is -0.455 e. The number of furan rings is 2. The van der Waals surface area contributed by atoms with Crippen molar-refractivity contribution >= 4 is 102 Å². The van der Waals surface area contributed by atoms with Crippen LogP contribution in [-0.2, 0) is 10.8 Å². The molecule has 4 heteroatoms. The summed E-state index contributed by atoms with van der Waals surface area (Å²) in [5, 5.41) is 16.2. The van der Waals surface area contributed by atoms with E-state index in [0.29, 0.717) is 0 Å². The molecule has 4 heterocycles. The van der Waals surface area contributed by atoms with E-state index in [-0.39, 0.29) is 10.8 Å². The molecule has 0 spiro atoms. The quantitative estimate of drug-likeness (QED) is 0.161. The van der Waals surface area contributed by atoms with Gasteiger partial charge in [0.1, 0.15) is 38.5 Å². The standard InChI is InChI=1S/C72H54O2Si2/c1-71(2)53-31-27-39-17-9-11-19-43(39)63(53)45-29-25-41(33-55(45)71)49-35-61-65(67-47-21-13-15-23-57(47)73-69(49)67)51-37-60-52(38-59(51)75(61,5)6)66-62(76(60,7)8)36-50(70-68(66)48-22-14-16-24-58(48)74-70)42-26-30-46-56(34-42)72(3,4)54-32-28-40-18-10-12-20-44(40)64(46)54/h9-38H,1-8H3. The molecule has 2 aromatic heterocycles. The van der Waals surface area contributed by atoms with E-state index in [1.807, 2.05) is 0 Å². The van der Waals surface area contributed by atoms with Gasteiger partial charge in [0.2, 0.25) is 0 Å². The summed E-state index contributed by atoms with van der Waals surface area (Å²) in [6.07, 6.45) is 0. The monoisotopic (exact) mass is 1010 g/mol. The SMILES string of the molecule is CC1(C)c2cc(-c3cc4c(c5c3oc3ccccc35)-c3cc5c(cc3[Si]4(C)C)-c3c(cc(-c4ccc6c(c4)C(C)(C)c4ccc7ccccc7c4-6)c4oc6ccccc6c34)[Si]5(C)C)ccc2-c2c1ccc1ccccc21. The van der Waals surface area contributed by atoms with E-state index in [9.17, 15) is 0 Å². The molecule has 0 N–H and O–H groups in total. The third-order valence-corrected chi connectivity index (χ3v) is 26.4. The maximum atomic E-state index is 7.15. The molecular formula is C72H54O2Si2. The van der Waals surface area contributed by atoms with E-state index in [1.165, 1.54) is 153 Å². The third kappa shape index (κ3) is 5.18. The van der Waals surface area contributed by atoms with E-state index in [2.05, 4.69) is 236 Å². The molecule has 362 valence electrons. The molecule has 4 aliphatic rings. The predicted octanol–water partition coefficient (Wildman–Crippen LogP) is 17.3. The maximum absolute atomic E-state index is 7.15. The Kier molecular flexibility index (Phi) is 8.00. The molecule has 11 aromatic carbocycles. The van der Waals surface area contributed by atoms with Gasteiger partial charge in [0.15, 0.2) is 0 Å². The molecule has 0 fully saturated rings. The number of hydrogen-bond acceptors (Lipinski definition) is 2. The highest BCUT2D eigenvalue weighted by molar-refractivity contribution is 7.06. The lowest BCUT2D eigenvalue weighted by Gasteiger charge is -2.23. The molecule has 2 nitrogen and oxygen atoms in total. The van der Waals surface area contributed by atoms with Crippen molar-refractivity contribution in [2.45, 2.75) is 64.7 Å². The molecule has 2 aliphatic carbocycles. The molecular weight excluding hydrogens is 953 g/mol. The van der Waals surface area contributed by atoms with E-state index >= 15 is 0 Å². The van der Waals surface area contributed by atoms with Crippen molar-refractivity contribution < 1.29 is 8.83 Å². The summed E-state index contributed by atoms with van der Waals surface area (Å²) in [5.74, 6) is 0. The van der Waals surface area contributed by atoms with Crippen molar-refractivity contribution in [1.82, 2.24) is 0 Å². The van der Waals surface area contributed by atoms with E-state index in [1.54, 1.807) is 0 Å². The molecule has 0 unspecified atom stereocenters. The maximum Gasteiger partial charge on any atom is 0.143 e. The van der Waals surface area contributed by atoms with Crippen LogP contribution in [0.3, 0.4) is 0 Å². The molecule has 0 radical (unpaired) electrons. The zero-order valence-electron chi connectivity index (χ0n) is 44.1. The van der Waals surface area contributed by atoms with Crippen LogP contribution in [-0.4, -0.2) is 16.1 Å². The molecule has 0 saturated carbocycles.